The van der Waals surface area contributed by atoms with Crippen molar-refractivity contribution in [1.82, 2.24) is 30.6 Å². The van der Waals surface area contributed by atoms with Gasteiger partial charge in [0.1, 0.15) is 11.3 Å². The molecule has 12 rings (SSSR count). The Balaban J connectivity index is 0.000000168. The molecule has 20 heteroatoms. The number of alkyl halides is 9. The molecule has 0 radical (unpaired) electrons. The van der Waals surface area contributed by atoms with E-state index < -0.39 is 52.9 Å². The normalized spacial score (nSPS) is 11.8. The maximum Gasteiger partial charge on any atom is 3.00 e. The van der Waals surface area contributed by atoms with Gasteiger partial charge in [-0.05, 0) is 99.8 Å². The van der Waals surface area contributed by atoms with Crippen molar-refractivity contribution in [3.8, 4) is 22.2 Å². The molecule has 0 unspecified atom stereocenters. The third-order valence-electron chi connectivity index (χ3n) is 11.9. The maximum atomic E-state index is 14.0. The second-order valence-corrected chi connectivity index (χ2v) is 18.9. The zero-order valence-corrected chi connectivity index (χ0v) is 43.8. The summed E-state index contributed by atoms with van der Waals surface area (Å²) in [5, 5.41) is 34.8. The molecule has 7 nitrogen and oxygen atoms in total. The van der Waals surface area contributed by atoms with Crippen LogP contribution in [-0.4, -0.2) is 30.6 Å². The Morgan fingerprint density at radius 2 is 0.948 bits per heavy atom. The van der Waals surface area contributed by atoms with E-state index in [1.165, 1.54) is 28.2 Å². The van der Waals surface area contributed by atoms with Crippen molar-refractivity contribution in [2.75, 3.05) is 0 Å². The van der Waals surface area contributed by atoms with Crippen molar-refractivity contribution in [2.24, 2.45) is 0 Å². The Morgan fingerprint density at radius 3 is 1.40 bits per heavy atom. The van der Waals surface area contributed by atoms with Crippen LogP contribution in [0.4, 0.5) is 39.5 Å². The summed E-state index contributed by atoms with van der Waals surface area (Å²) in [5.41, 5.74) is -5.41. The molecule has 0 N–H and O–H groups in total. The Kier molecular flexibility index (Phi) is 15.2. The fraction of sp³-hybridized carbons (Fsp3) is 0.0526. The number of aromatic nitrogens is 6. The quantitative estimate of drug-likeness (QED) is 0.0768. The molecule has 384 valence electrons. The average molecular weight is 1270 g/mol. The van der Waals surface area contributed by atoms with Crippen molar-refractivity contribution < 1.29 is 64.4 Å². The zero-order chi connectivity index (χ0) is 53.7. The van der Waals surface area contributed by atoms with E-state index in [9.17, 15) is 39.5 Å². The van der Waals surface area contributed by atoms with Crippen LogP contribution in [0.25, 0.3) is 95.1 Å². The molecule has 0 spiro atoms. The number of thiol groups is 2. The monoisotopic (exact) mass is 1270 g/mol. The molecular formula is C57H30F9IrN6OS3. The molecule has 0 fully saturated rings. The van der Waals surface area contributed by atoms with Gasteiger partial charge in [0.2, 0.25) is 5.88 Å². The van der Waals surface area contributed by atoms with Gasteiger partial charge in [-0.2, -0.15) is 80.1 Å². The van der Waals surface area contributed by atoms with Crippen molar-refractivity contribution in [1.29, 1.82) is 0 Å². The zero-order valence-electron chi connectivity index (χ0n) is 38.8. The first kappa shape index (κ1) is 54.3. The maximum absolute atomic E-state index is 14.0. The van der Waals surface area contributed by atoms with E-state index >= 15 is 0 Å². The van der Waals surface area contributed by atoms with Crippen LogP contribution in [-0.2, 0) is 38.6 Å². The molecule has 0 atom stereocenters. The molecule has 0 bridgehead atoms. The third-order valence-corrected chi connectivity index (χ3v) is 13.4. The molecule has 4 aromatic heterocycles. The number of rotatable bonds is 5. The fourth-order valence-corrected chi connectivity index (χ4v) is 9.82. The van der Waals surface area contributed by atoms with E-state index in [4.69, 9.17) is 17.9 Å². The Morgan fingerprint density at radius 1 is 0.494 bits per heavy atom. The molecule has 0 amide bonds. The molecular weight excluding hydrogens is 1240 g/mol. The van der Waals surface area contributed by atoms with Crippen LogP contribution in [0.2, 0.25) is 0 Å². The van der Waals surface area contributed by atoms with Crippen LogP contribution in [0.1, 0.15) is 28.1 Å². The first-order chi connectivity index (χ1) is 36.2. The van der Waals surface area contributed by atoms with E-state index in [0.717, 1.165) is 42.4 Å². The number of thiophene rings is 1. The third kappa shape index (κ3) is 11.3. The van der Waals surface area contributed by atoms with Gasteiger partial charge in [-0.1, -0.05) is 114 Å². The second-order valence-electron chi connectivity index (χ2n) is 16.9. The summed E-state index contributed by atoms with van der Waals surface area (Å²) in [4.78, 5) is 1.28. The second kappa shape index (κ2) is 21.5. The Hall–Kier alpha value is -7.48. The van der Waals surface area contributed by atoms with Gasteiger partial charge >= 0.3 is 38.6 Å². The minimum atomic E-state index is -5.78. The molecule has 0 aliphatic heterocycles. The first-order valence-electron chi connectivity index (χ1n) is 22.3. The van der Waals surface area contributed by atoms with Crippen molar-refractivity contribution in [3.63, 3.8) is 0 Å². The van der Waals surface area contributed by atoms with Gasteiger partial charge in [-0.25, -0.2) is 21.5 Å². The number of fused-ring (bicyclic) bond motifs is 7. The van der Waals surface area contributed by atoms with Gasteiger partial charge in [0.15, 0.2) is 0 Å². The van der Waals surface area contributed by atoms with E-state index in [0.29, 0.717) is 36.8 Å². The van der Waals surface area contributed by atoms with Crippen LogP contribution >= 0.6 is 36.6 Å². The van der Waals surface area contributed by atoms with E-state index in [1.807, 2.05) is 42.5 Å². The van der Waals surface area contributed by atoms with Gasteiger partial charge in [-0.15, -0.1) is 38.5 Å². The van der Waals surface area contributed by atoms with Gasteiger partial charge in [0.05, 0.1) is 23.5 Å². The molecule has 8 aromatic carbocycles. The predicted octanol–water partition coefficient (Wildman–Crippen LogP) is 17.3. The van der Waals surface area contributed by atoms with Crippen LogP contribution in [0, 0.1) is 19.2 Å². The molecule has 0 aliphatic carbocycles. The Labute approximate surface area is 459 Å². The Bertz CT molecular complexity index is 4120. The van der Waals surface area contributed by atoms with Crippen molar-refractivity contribution >= 4 is 121 Å². The smallest absolute Gasteiger partial charge is 0.436 e. The number of hydrogen-bond donors (Lipinski definition) is 2. The van der Waals surface area contributed by atoms with Gasteiger partial charge in [0, 0.05) is 11.1 Å². The van der Waals surface area contributed by atoms with Crippen LogP contribution in [0.15, 0.2) is 158 Å². The van der Waals surface area contributed by atoms with E-state index in [-0.39, 0.29) is 42.6 Å². The molecule has 0 saturated heterocycles. The van der Waals surface area contributed by atoms with E-state index in [2.05, 4.69) is 110 Å². The number of benzene rings is 8. The first-order valence-corrected chi connectivity index (χ1v) is 24.0. The molecule has 0 aliphatic rings. The molecule has 77 heavy (non-hydrogen) atoms. The van der Waals surface area contributed by atoms with Gasteiger partial charge in [-0.3, -0.25) is 13.2 Å². The van der Waals surface area contributed by atoms with Crippen LogP contribution in [0.3, 0.4) is 0 Å². The van der Waals surface area contributed by atoms with Crippen LogP contribution in [0.5, 0.6) is 11.6 Å². The summed E-state index contributed by atoms with van der Waals surface area (Å²) < 4.78 is 130. The largest absolute Gasteiger partial charge is 3.00 e. The SMILES string of the molecule is FC(F)(F)c1cc(Oc2nnc(-c3[c-]c4ccccc4s3)c3cc4ccccc4cc23)c(C(F)(F)F)c(C(F)(F)F)c1.[CH-]=C(S)c1nncc2cc3ccccc3cc12.[CH-]=C(S)c1nncc2cc3ccccc3cc12.[Ir+3]. The number of halogens is 9. The van der Waals surface area contributed by atoms with Gasteiger partial charge in [0.25, 0.3) is 0 Å². The molecule has 12 aromatic rings. The topological polar surface area (TPSA) is 86.6 Å². The van der Waals surface area contributed by atoms with Crippen molar-refractivity contribution in [3.05, 3.63) is 205 Å². The molecule has 0 saturated carbocycles. The average Bonchev–Trinajstić information content (AvgIpc) is 3.89. The number of nitrogens with zero attached hydrogens (tertiary/aromatic N) is 6. The predicted molar refractivity (Wildman–Crippen MR) is 286 cm³/mol. The van der Waals surface area contributed by atoms with Crippen LogP contribution < -0.4 is 4.74 Å². The summed E-state index contributed by atoms with van der Waals surface area (Å²) in [6, 6.07) is 44.3. The molecule has 4 heterocycles. The summed E-state index contributed by atoms with van der Waals surface area (Å²) in [5.74, 6) is -2.42. The minimum Gasteiger partial charge on any atom is -0.436 e. The summed E-state index contributed by atoms with van der Waals surface area (Å²) in [6.45, 7) is 11.4. The van der Waals surface area contributed by atoms with Crippen molar-refractivity contribution in [2.45, 2.75) is 18.5 Å². The number of ether oxygens (including phenoxy) is 1. The van der Waals surface area contributed by atoms with E-state index in [1.54, 1.807) is 48.8 Å². The fourth-order valence-electron chi connectivity index (χ4n) is 8.49. The number of hydrogen-bond acceptors (Lipinski definition) is 10. The summed E-state index contributed by atoms with van der Waals surface area (Å²) in [6.07, 6.45) is -13.4. The summed E-state index contributed by atoms with van der Waals surface area (Å²) >= 11 is 9.60. The standard InChI is InChI=1S/C29H12F9N2OS.2C14H9N2S.Ir/c30-27(31,32)17-12-20(28(33,34)35)24(29(36,37)38)21(13-17)41-26-19-10-15-6-2-1-5-14(15)9-18(19)25(39-40-26)23-11-16-7-3-4-8-22(16)42-23;2*1-9(17)14-13-7-11-5-3-2-4-10(11)6-12(13)8-15-16-14;/h1-10,12-13H;2*1-8,17H;/q3*-1;+3. The summed E-state index contributed by atoms with van der Waals surface area (Å²) in [7, 11) is 0. The minimum absolute atomic E-state index is 0. The van der Waals surface area contributed by atoms with Gasteiger partial charge < -0.3 is 4.74 Å².